The maximum Gasteiger partial charge on any atom is 0.240 e. The summed E-state index contributed by atoms with van der Waals surface area (Å²) in [5, 5.41) is 9.98. The van der Waals surface area contributed by atoms with Crippen LogP contribution in [0.5, 0.6) is 11.8 Å². The molecule has 0 aliphatic heterocycles. The molecule has 2 aromatic rings. The molecule has 0 amide bonds. The number of hydrogen-bond donors (Lipinski definition) is 2. The van der Waals surface area contributed by atoms with E-state index in [1.165, 1.54) is 0 Å². The molecule has 0 aromatic carbocycles. The standard InChI is InChI=1S/C13H19N5O2/c1-4-14-10-7-12(16-11(15-10)8-19-5-2)20-13-6-9(3)17-18-13/h6-7H,4-5,8H2,1-3H3,(H,17,18)(H,14,15,16). The SMILES string of the molecule is CCNc1cc(Oc2cc(C)[nH]n2)nc(COCC)n1. The molecule has 0 aliphatic carbocycles. The number of anilines is 1. The smallest absolute Gasteiger partial charge is 0.240 e. The highest BCUT2D eigenvalue weighted by Crippen LogP contribution is 2.20. The van der Waals surface area contributed by atoms with Crippen LogP contribution < -0.4 is 10.1 Å². The van der Waals surface area contributed by atoms with Crippen LogP contribution in [0.2, 0.25) is 0 Å². The molecule has 0 saturated carbocycles. The van der Waals surface area contributed by atoms with Crippen molar-refractivity contribution in [2.75, 3.05) is 18.5 Å². The van der Waals surface area contributed by atoms with E-state index in [0.717, 1.165) is 12.2 Å². The Morgan fingerprint density at radius 1 is 1.20 bits per heavy atom. The van der Waals surface area contributed by atoms with E-state index in [9.17, 15) is 0 Å². The van der Waals surface area contributed by atoms with Crippen LogP contribution in [0.1, 0.15) is 25.4 Å². The van der Waals surface area contributed by atoms with Gasteiger partial charge in [-0.05, 0) is 20.8 Å². The van der Waals surface area contributed by atoms with Gasteiger partial charge in [-0.3, -0.25) is 5.10 Å². The quantitative estimate of drug-likeness (QED) is 0.807. The molecule has 0 bridgehead atoms. The molecule has 2 aromatic heterocycles. The summed E-state index contributed by atoms with van der Waals surface area (Å²) in [6.45, 7) is 7.58. The molecule has 0 atom stereocenters. The van der Waals surface area contributed by atoms with Gasteiger partial charge in [0.25, 0.3) is 0 Å². The monoisotopic (exact) mass is 277 g/mol. The van der Waals surface area contributed by atoms with Crippen LogP contribution in [0.25, 0.3) is 0 Å². The van der Waals surface area contributed by atoms with Crippen molar-refractivity contribution < 1.29 is 9.47 Å². The molecule has 2 heterocycles. The molecular weight excluding hydrogens is 258 g/mol. The lowest BCUT2D eigenvalue weighted by Crippen LogP contribution is -2.06. The molecule has 7 heteroatoms. The van der Waals surface area contributed by atoms with E-state index in [0.29, 0.717) is 36.6 Å². The highest BCUT2D eigenvalue weighted by Gasteiger charge is 2.08. The molecule has 20 heavy (non-hydrogen) atoms. The van der Waals surface area contributed by atoms with Crippen LogP contribution in [0.3, 0.4) is 0 Å². The van der Waals surface area contributed by atoms with E-state index >= 15 is 0 Å². The van der Waals surface area contributed by atoms with Gasteiger partial charge in [-0.2, -0.15) is 4.98 Å². The molecular formula is C13H19N5O2. The van der Waals surface area contributed by atoms with Crippen LogP contribution >= 0.6 is 0 Å². The second-order valence-corrected chi connectivity index (χ2v) is 4.17. The van der Waals surface area contributed by atoms with Gasteiger partial charge in [0, 0.05) is 31.0 Å². The number of nitrogens with one attached hydrogen (secondary N) is 2. The normalized spacial score (nSPS) is 10.6. The van der Waals surface area contributed by atoms with Gasteiger partial charge < -0.3 is 14.8 Å². The zero-order valence-corrected chi connectivity index (χ0v) is 11.9. The fourth-order valence-electron chi connectivity index (χ4n) is 1.61. The third kappa shape index (κ3) is 3.92. The fourth-order valence-corrected chi connectivity index (χ4v) is 1.61. The Balaban J connectivity index is 2.18. The summed E-state index contributed by atoms with van der Waals surface area (Å²) >= 11 is 0. The van der Waals surface area contributed by atoms with Gasteiger partial charge in [0.2, 0.25) is 11.8 Å². The topological polar surface area (TPSA) is 85.0 Å². The average Bonchev–Trinajstić information content (AvgIpc) is 2.82. The number of nitrogens with zero attached hydrogens (tertiary/aromatic N) is 3. The first-order valence-corrected chi connectivity index (χ1v) is 6.60. The zero-order valence-electron chi connectivity index (χ0n) is 11.9. The Labute approximate surface area is 117 Å². The van der Waals surface area contributed by atoms with Crippen molar-refractivity contribution >= 4 is 5.82 Å². The minimum absolute atomic E-state index is 0.353. The summed E-state index contributed by atoms with van der Waals surface area (Å²) in [7, 11) is 0. The van der Waals surface area contributed by atoms with Crippen molar-refractivity contribution in [1.82, 2.24) is 20.2 Å². The summed E-state index contributed by atoms with van der Waals surface area (Å²) in [4.78, 5) is 8.66. The van der Waals surface area contributed by atoms with Crippen molar-refractivity contribution in [2.24, 2.45) is 0 Å². The van der Waals surface area contributed by atoms with Gasteiger partial charge in [0.15, 0.2) is 5.82 Å². The molecule has 0 fully saturated rings. The minimum atomic E-state index is 0.353. The Hall–Kier alpha value is -2.15. The number of hydrogen-bond acceptors (Lipinski definition) is 6. The van der Waals surface area contributed by atoms with E-state index in [-0.39, 0.29) is 0 Å². The van der Waals surface area contributed by atoms with Crippen molar-refractivity contribution in [3.05, 3.63) is 23.7 Å². The average molecular weight is 277 g/mol. The molecule has 2 rings (SSSR count). The molecule has 0 radical (unpaired) electrons. The minimum Gasteiger partial charge on any atom is -0.419 e. The van der Waals surface area contributed by atoms with Crippen LogP contribution in [0, 0.1) is 6.92 Å². The number of H-pyrrole nitrogens is 1. The second kappa shape index (κ2) is 6.85. The van der Waals surface area contributed by atoms with E-state index in [4.69, 9.17) is 9.47 Å². The van der Waals surface area contributed by atoms with Crippen LogP contribution in [-0.2, 0) is 11.3 Å². The highest BCUT2D eigenvalue weighted by atomic mass is 16.5. The van der Waals surface area contributed by atoms with Crippen LogP contribution in [0.15, 0.2) is 12.1 Å². The summed E-state index contributed by atoms with van der Waals surface area (Å²) in [5.74, 6) is 2.20. The predicted octanol–water partition coefficient (Wildman–Crippen LogP) is 2.27. The second-order valence-electron chi connectivity index (χ2n) is 4.17. The lowest BCUT2D eigenvalue weighted by atomic mass is 10.5. The maximum absolute atomic E-state index is 5.62. The first kappa shape index (κ1) is 14.3. The van der Waals surface area contributed by atoms with E-state index < -0.39 is 0 Å². The van der Waals surface area contributed by atoms with Crippen molar-refractivity contribution in [3.8, 4) is 11.8 Å². The Bertz CT molecular complexity index is 555. The predicted molar refractivity (Wildman–Crippen MR) is 74.9 cm³/mol. The number of aromatic nitrogens is 4. The lowest BCUT2D eigenvalue weighted by Gasteiger charge is -2.08. The molecule has 0 spiro atoms. The Kier molecular flexibility index (Phi) is 4.89. The lowest BCUT2D eigenvalue weighted by molar-refractivity contribution is 0.128. The molecule has 7 nitrogen and oxygen atoms in total. The van der Waals surface area contributed by atoms with Gasteiger partial charge in [-0.25, -0.2) is 4.98 Å². The molecule has 0 unspecified atom stereocenters. The number of ether oxygens (including phenoxy) is 2. The zero-order chi connectivity index (χ0) is 14.4. The van der Waals surface area contributed by atoms with Gasteiger partial charge in [-0.15, -0.1) is 5.10 Å². The number of aryl methyl sites for hydroxylation is 1. The van der Waals surface area contributed by atoms with Crippen LogP contribution in [-0.4, -0.2) is 33.3 Å². The summed E-state index contributed by atoms with van der Waals surface area (Å²) in [6.07, 6.45) is 0. The van der Waals surface area contributed by atoms with Crippen molar-refractivity contribution in [1.29, 1.82) is 0 Å². The summed E-state index contributed by atoms with van der Waals surface area (Å²) in [5.41, 5.74) is 0.926. The van der Waals surface area contributed by atoms with Gasteiger partial charge >= 0.3 is 0 Å². The highest BCUT2D eigenvalue weighted by molar-refractivity contribution is 5.39. The Morgan fingerprint density at radius 3 is 2.70 bits per heavy atom. The van der Waals surface area contributed by atoms with E-state index in [2.05, 4.69) is 25.5 Å². The largest absolute Gasteiger partial charge is 0.419 e. The summed E-state index contributed by atoms with van der Waals surface area (Å²) < 4.78 is 10.9. The molecule has 2 N–H and O–H groups in total. The third-order valence-corrected chi connectivity index (χ3v) is 2.43. The first-order valence-electron chi connectivity index (χ1n) is 6.60. The maximum atomic E-state index is 5.62. The molecule has 108 valence electrons. The van der Waals surface area contributed by atoms with Gasteiger partial charge in [0.05, 0.1) is 0 Å². The number of aromatic amines is 1. The van der Waals surface area contributed by atoms with Crippen LogP contribution in [0.4, 0.5) is 5.82 Å². The summed E-state index contributed by atoms with van der Waals surface area (Å²) in [6, 6.07) is 3.54. The molecule has 0 saturated heterocycles. The molecule has 0 aliphatic rings. The number of rotatable bonds is 7. The first-order chi connectivity index (χ1) is 9.71. The van der Waals surface area contributed by atoms with Gasteiger partial charge in [-0.1, -0.05) is 0 Å². The van der Waals surface area contributed by atoms with E-state index in [1.807, 2.05) is 20.8 Å². The fraction of sp³-hybridized carbons (Fsp3) is 0.462. The third-order valence-electron chi connectivity index (χ3n) is 2.43. The van der Waals surface area contributed by atoms with E-state index in [1.54, 1.807) is 12.1 Å². The van der Waals surface area contributed by atoms with Gasteiger partial charge in [0.1, 0.15) is 12.4 Å². The Morgan fingerprint density at radius 2 is 2.05 bits per heavy atom. The van der Waals surface area contributed by atoms with Crippen molar-refractivity contribution in [3.63, 3.8) is 0 Å². The van der Waals surface area contributed by atoms with Crippen molar-refractivity contribution in [2.45, 2.75) is 27.4 Å².